The Bertz CT molecular complexity index is 405. The van der Waals surface area contributed by atoms with Crippen molar-refractivity contribution in [3.8, 4) is 0 Å². The van der Waals surface area contributed by atoms with Crippen molar-refractivity contribution < 1.29 is 4.79 Å². The number of nitrogens with one attached hydrogen (secondary N) is 2. The zero-order valence-corrected chi connectivity index (χ0v) is 11.7. The van der Waals surface area contributed by atoms with Gasteiger partial charge in [0.1, 0.15) is 0 Å². The number of hydrogen-bond acceptors (Lipinski definition) is 3. The summed E-state index contributed by atoms with van der Waals surface area (Å²) in [6, 6.07) is 8.07. The highest BCUT2D eigenvalue weighted by molar-refractivity contribution is 7.98. The molecule has 1 amide bonds. The molecular weight excluding hydrogens is 244 g/mol. The lowest BCUT2D eigenvalue weighted by atomic mass is 9.95. The fourth-order valence-corrected chi connectivity index (χ4v) is 2.63. The third-order valence-electron chi connectivity index (χ3n) is 3.45. The SMILES string of the molecule is CSc1ccc(C(=O)NC2CCNCC2C)cc1. The summed E-state index contributed by atoms with van der Waals surface area (Å²) in [7, 11) is 0. The molecule has 1 saturated heterocycles. The topological polar surface area (TPSA) is 41.1 Å². The van der Waals surface area contributed by atoms with Gasteiger partial charge in [-0.25, -0.2) is 0 Å². The molecule has 4 heteroatoms. The lowest BCUT2D eigenvalue weighted by molar-refractivity contribution is 0.0914. The first kappa shape index (κ1) is 13.4. The van der Waals surface area contributed by atoms with E-state index in [9.17, 15) is 4.79 Å². The molecule has 1 fully saturated rings. The molecule has 1 heterocycles. The molecule has 1 aliphatic heterocycles. The van der Waals surface area contributed by atoms with E-state index < -0.39 is 0 Å². The number of piperidine rings is 1. The Morgan fingerprint density at radius 1 is 1.39 bits per heavy atom. The molecule has 18 heavy (non-hydrogen) atoms. The van der Waals surface area contributed by atoms with Crippen LogP contribution < -0.4 is 10.6 Å². The molecular formula is C14H20N2OS. The molecule has 0 saturated carbocycles. The quantitative estimate of drug-likeness (QED) is 0.822. The van der Waals surface area contributed by atoms with Crippen molar-refractivity contribution in [3.63, 3.8) is 0 Å². The minimum Gasteiger partial charge on any atom is -0.349 e. The van der Waals surface area contributed by atoms with Gasteiger partial charge in [0, 0.05) is 16.5 Å². The van der Waals surface area contributed by atoms with E-state index in [1.807, 2.05) is 30.5 Å². The van der Waals surface area contributed by atoms with Crippen LogP contribution in [0.4, 0.5) is 0 Å². The van der Waals surface area contributed by atoms with Gasteiger partial charge in [-0.15, -0.1) is 11.8 Å². The Labute approximate surface area is 113 Å². The maximum atomic E-state index is 12.1. The van der Waals surface area contributed by atoms with Gasteiger partial charge in [-0.2, -0.15) is 0 Å². The largest absolute Gasteiger partial charge is 0.349 e. The lowest BCUT2D eigenvalue weighted by Crippen LogP contribution is -2.48. The summed E-state index contributed by atoms with van der Waals surface area (Å²) >= 11 is 1.69. The fourth-order valence-electron chi connectivity index (χ4n) is 2.22. The molecule has 0 aromatic heterocycles. The maximum Gasteiger partial charge on any atom is 0.251 e. The van der Waals surface area contributed by atoms with Crippen molar-refractivity contribution in [2.45, 2.75) is 24.3 Å². The first-order valence-corrected chi connectivity index (χ1v) is 7.59. The van der Waals surface area contributed by atoms with Crippen LogP contribution in [0.1, 0.15) is 23.7 Å². The second-order valence-corrected chi connectivity index (χ2v) is 5.66. The molecule has 2 atom stereocenters. The zero-order valence-electron chi connectivity index (χ0n) is 10.9. The van der Waals surface area contributed by atoms with Crippen LogP contribution in [-0.4, -0.2) is 31.3 Å². The molecule has 0 aliphatic carbocycles. The third kappa shape index (κ3) is 3.27. The van der Waals surface area contributed by atoms with Crippen molar-refractivity contribution >= 4 is 17.7 Å². The summed E-state index contributed by atoms with van der Waals surface area (Å²) in [5.41, 5.74) is 0.749. The van der Waals surface area contributed by atoms with Gasteiger partial charge in [-0.1, -0.05) is 6.92 Å². The average Bonchev–Trinajstić information content (AvgIpc) is 2.41. The maximum absolute atomic E-state index is 12.1. The minimum atomic E-state index is 0.0430. The number of carbonyl (C=O) groups is 1. The molecule has 0 radical (unpaired) electrons. The molecule has 2 rings (SSSR count). The van der Waals surface area contributed by atoms with Crippen LogP contribution in [0, 0.1) is 5.92 Å². The Morgan fingerprint density at radius 2 is 2.11 bits per heavy atom. The second-order valence-electron chi connectivity index (χ2n) is 4.78. The summed E-state index contributed by atoms with van der Waals surface area (Å²) in [4.78, 5) is 13.3. The summed E-state index contributed by atoms with van der Waals surface area (Å²) in [5, 5.41) is 6.48. The van der Waals surface area contributed by atoms with Crippen LogP contribution in [0.5, 0.6) is 0 Å². The smallest absolute Gasteiger partial charge is 0.251 e. The monoisotopic (exact) mass is 264 g/mol. The molecule has 1 aromatic rings. The minimum absolute atomic E-state index is 0.0430. The second kappa shape index (κ2) is 6.25. The van der Waals surface area contributed by atoms with Crippen molar-refractivity contribution in [3.05, 3.63) is 29.8 Å². The first-order valence-electron chi connectivity index (χ1n) is 6.36. The van der Waals surface area contributed by atoms with Crippen molar-refractivity contribution in [2.24, 2.45) is 5.92 Å². The van der Waals surface area contributed by atoms with Gasteiger partial charge in [0.05, 0.1) is 0 Å². The Kier molecular flexibility index (Phi) is 4.66. The molecule has 3 nitrogen and oxygen atoms in total. The number of carbonyl (C=O) groups excluding carboxylic acids is 1. The molecule has 1 aliphatic rings. The van der Waals surface area contributed by atoms with Crippen molar-refractivity contribution in [1.29, 1.82) is 0 Å². The standard InChI is InChI=1S/C14H20N2OS/c1-10-9-15-8-7-13(10)16-14(17)11-3-5-12(18-2)6-4-11/h3-6,10,13,15H,7-9H2,1-2H3,(H,16,17). The molecule has 2 N–H and O–H groups in total. The number of thioether (sulfide) groups is 1. The van der Waals surface area contributed by atoms with Gasteiger partial charge >= 0.3 is 0 Å². The molecule has 1 aromatic carbocycles. The number of benzene rings is 1. The molecule has 2 unspecified atom stereocenters. The van der Waals surface area contributed by atoms with Gasteiger partial charge in [-0.05, 0) is 55.9 Å². The normalized spacial score (nSPS) is 23.7. The van der Waals surface area contributed by atoms with Crippen molar-refractivity contribution in [1.82, 2.24) is 10.6 Å². The predicted molar refractivity (Wildman–Crippen MR) is 76.1 cm³/mol. The van der Waals surface area contributed by atoms with E-state index in [4.69, 9.17) is 0 Å². The molecule has 98 valence electrons. The highest BCUT2D eigenvalue weighted by atomic mass is 32.2. The average molecular weight is 264 g/mol. The van der Waals surface area contributed by atoms with E-state index in [0.717, 1.165) is 25.1 Å². The Morgan fingerprint density at radius 3 is 2.72 bits per heavy atom. The summed E-state index contributed by atoms with van der Waals surface area (Å²) in [5.74, 6) is 0.537. The number of rotatable bonds is 3. The van der Waals surface area contributed by atoms with Crippen LogP contribution in [-0.2, 0) is 0 Å². The summed E-state index contributed by atoms with van der Waals surface area (Å²) in [6.45, 7) is 4.14. The van der Waals surface area contributed by atoms with Crippen molar-refractivity contribution in [2.75, 3.05) is 19.3 Å². The Hall–Kier alpha value is -1.00. The summed E-state index contributed by atoms with van der Waals surface area (Å²) in [6.07, 6.45) is 3.04. The van der Waals surface area contributed by atoms with Crippen LogP contribution in [0.2, 0.25) is 0 Å². The van der Waals surface area contributed by atoms with Crippen LogP contribution in [0.3, 0.4) is 0 Å². The van der Waals surface area contributed by atoms with E-state index in [2.05, 4.69) is 17.6 Å². The van der Waals surface area contributed by atoms with E-state index in [1.54, 1.807) is 11.8 Å². The predicted octanol–water partition coefficient (Wildman–Crippen LogP) is 2.14. The van der Waals surface area contributed by atoms with Gasteiger partial charge in [0.15, 0.2) is 0 Å². The van der Waals surface area contributed by atoms with E-state index in [0.29, 0.717) is 12.0 Å². The molecule has 0 spiro atoms. The van der Waals surface area contributed by atoms with E-state index in [1.165, 1.54) is 4.90 Å². The first-order chi connectivity index (χ1) is 8.70. The van der Waals surface area contributed by atoms with Crippen LogP contribution in [0.15, 0.2) is 29.2 Å². The number of amides is 1. The summed E-state index contributed by atoms with van der Waals surface area (Å²) < 4.78 is 0. The zero-order chi connectivity index (χ0) is 13.0. The van der Waals surface area contributed by atoms with E-state index >= 15 is 0 Å². The van der Waals surface area contributed by atoms with Gasteiger partial charge in [-0.3, -0.25) is 4.79 Å². The van der Waals surface area contributed by atoms with Gasteiger partial charge < -0.3 is 10.6 Å². The fraction of sp³-hybridized carbons (Fsp3) is 0.500. The Balaban J connectivity index is 1.97. The lowest BCUT2D eigenvalue weighted by Gasteiger charge is -2.30. The van der Waals surface area contributed by atoms with E-state index in [-0.39, 0.29) is 5.91 Å². The van der Waals surface area contributed by atoms with Gasteiger partial charge in [0.2, 0.25) is 0 Å². The van der Waals surface area contributed by atoms with Crippen LogP contribution in [0.25, 0.3) is 0 Å². The number of hydrogen-bond donors (Lipinski definition) is 2. The highest BCUT2D eigenvalue weighted by Gasteiger charge is 2.22. The van der Waals surface area contributed by atoms with Gasteiger partial charge in [0.25, 0.3) is 5.91 Å². The highest BCUT2D eigenvalue weighted by Crippen LogP contribution is 2.16. The van der Waals surface area contributed by atoms with Crippen LogP contribution >= 0.6 is 11.8 Å². The third-order valence-corrected chi connectivity index (χ3v) is 4.20. The molecule has 0 bridgehead atoms.